The van der Waals surface area contributed by atoms with Crippen molar-refractivity contribution in [1.29, 1.82) is 0 Å². The van der Waals surface area contributed by atoms with E-state index in [2.05, 4.69) is 106 Å². The Morgan fingerprint density at radius 3 is 0.827 bits per heavy atom. The fraction of sp³-hybridized carbons (Fsp3) is 0.754. The molecule has 6 heteroatoms. The lowest BCUT2D eigenvalue weighted by atomic mass is 10.0. The summed E-state index contributed by atoms with van der Waals surface area (Å²) in [4.78, 5) is 38.3. The number of esters is 3. The van der Waals surface area contributed by atoms with E-state index >= 15 is 0 Å². The predicted molar refractivity (Wildman–Crippen MR) is 325 cm³/mol. The Hall–Kier alpha value is -3.41. The van der Waals surface area contributed by atoms with Gasteiger partial charge in [0.25, 0.3) is 0 Å². The highest BCUT2D eigenvalue weighted by Crippen LogP contribution is 2.16. The first-order valence-corrected chi connectivity index (χ1v) is 32.1. The molecule has 0 aliphatic carbocycles. The van der Waals surface area contributed by atoms with E-state index in [1.807, 2.05) is 0 Å². The summed E-state index contributed by atoms with van der Waals surface area (Å²) in [5, 5.41) is 0. The van der Waals surface area contributed by atoms with E-state index in [0.29, 0.717) is 19.3 Å². The van der Waals surface area contributed by atoms with Gasteiger partial charge in [0.15, 0.2) is 6.10 Å². The first-order chi connectivity index (χ1) is 37.0. The average Bonchev–Trinajstić information content (AvgIpc) is 3.41. The normalized spacial score (nSPS) is 12.6. The van der Waals surface area contributed by atoms with Crippen LogP contribution in [0.2, 0.25) is 0 Å². The zero-order valence-electron chi connectivity index (χ0n) is 49.6. The molecule has 0 amide bonds. The lowest BCUT2D eigenvalue weighted by Crippen LogP contribution is -2.30. The molecule has 0 fully saturated rings. The zero-order chi connectivity index (χ0) is 54.3. The number of rotatable bonds is 58. The van der Waals surface area contributed by atoms with Gasteiger partial charge in [-0.15, -0.1) is 0 Å². The molecule has 1 atom stereocenters. The van der Waals surface area contributed by atoms with E-state index in [0.717, 1.165) is 116 Å². The average molecular weight is 1050 g/mol. The summed E-state index contributed by atoms with van der Waals surface area (Å²) in [6.07, 6.45) is 83.0. The van der Waals surface area contributed by atoms with Crippen molar-refractivity contribution in [2.75, 3.05) is 13.2 Å². The van der Waals surface area contributed by atoms with Crippen molar-refractivity contribution in [3.63, 3.8) is 0 Å². The van der Waals surface area contributed by atoms with Crippen molar-refractivity contribution < 1.29 is 28.6 Å². The quantitative estimate of drug-likeness (QED) is 0.0261. The molecule has 432 valence electrons. The molecular weight excluding hydrogens is 925 g/mol. The van der Waals surface area contributed by atoms with Crippen LogP contribution in [0.1, 0.15) is 316 Å². The molecule has 0 heterocycles. The van der Waals surface area contributed by atoms with Crippen LogP contribution in [0.4, 0.5) is 0 Å². The van der Waals surface area contributed by atoms with E-state index in [1.165, 1.54) is 161 Å². The summed E-state index contributed by atoms with van der Waals surface area (Å²) >= 11 is 0. The number of hydrogen-bond donors (Lipinski definition) is 0. The number of unbranched alkanes of at least 4 members (excludes halogenated alkanes) is 33. The van der Waals surface area contributed by atoms with E-state index in [1.54, 1.807) is 0 Å². The van der Waals surface area contributed by atoms with Gasteiger partial charge in [-0.2, -0.15) is 0 Å². The van der Waals surface area contributed by atoms with Gasteiger partial charge in [0.1, 0.15) is 13.2 Å². The minimum atomic E-state index is -0.783. The predicted octanol–water partition coefficient (Wildman–Crippen LogP) is 21.9. The third kappa shape index (κ3) is 61.3. The Kier molecular flexibility index (Phi) is 60.3. The van der Waals surface area contributed by atoms with E-state index in [-0.39, 0.29) is 31.1 Å². The molecule has 6 nitrogen and oxygen atoms in total. The number of carbonyl (C=O) groups is 3. The molecule has 0 saturated carbocycles. The highest BCUT2D eigenvalue weighted by Gasteiger charge is 2.19. The van der Waals surface area contributed by atoms with Crippen LogP contribution in [-0.2, 0) is 28.6 Å². The fourth-order valence-corrected chi connectivity index (χ4v) is 9.09. The van der Waals surface area contributed by atoms with Crippen molar-refractivity contribution in [2.24, 2.45) is 0 Å². The van der Waals surface area contributed by atoms with Gasteiger partial charge in [0.2, 0.25) is 0 Å². The van der Waals surface area contributed by atoms with Crippen molar-refractivity contribution in [1.82, 2.24) is 0 Å². The third-order valence-electron chi connectivity index (χ3n) is 13.9. The van der Waals surface area contributed by atoms with Crippen LogP contribution < -0.4 is 0 Å². The summed E-state index contributed by atoms with van der Waals surface area (Å²) < 4.78 is 16.9. The van der Waals surface area contributed by atoms with E-state index in [9.17, 15) is 14.4 Å². The number of carbonyl (C=O) groups excluding carboxylic acids is 3. The maximum Gasteiger partial charge on any atom is 0.306 e. The van der Waals surface area contributed by atoms with Gasteiger partial charge in [0.05, 0.1) is 0 Å². The zero-order valence-corrected chi connectivity index (χ0v) is 49.6. The van der Waals surface area contributed by atoms with Crippen molar-refractivity contribution >= 4 is 17.9 Å². The van der Waals surface area contributed by atoms with Gasteiger partial charge >= 0.3 is 17.9 Å². The van der Waals surface area contributed by atoms with Crippen LogP contribution in [0.15, 0.2) is 85.1 Å². The standard InChI is InChI=1S/C69H120O6/c1-4-7-10-13-16-19-22-25-28-30-31-32-33-34-35-36-37-38-39-40-42-44-47-50-53-56-59-62-68(71)74-65-66(64-73-67(70)61-58-55-52-49-46-43-27-24-21-18-15-12-9-6-3)75-69(72)63-60-57-54-51-48-45-41-29-26-23-20-17-14-11-8-5-2/h7,10,16,19,25,28-29,31-32,34-35,37-38,41,66H,4-6,8-9,11-15,17-18,20-24,26-27,30,33,36,39-40,42-65H2,1-3H3/b10-7-,19-16-,28-25-,32-31-,35-34-,38-37-,41-29-. The molecule has 0 rings (SSSR count). The first kappa shape index (κ1) is 71.6. The summed E-state index contributed by atoms with van der Waals surface area (Å²) in [5.41, 5.74) is 0. The monoisotopic (exact) mass is 1040 g/mol. The second-order valence-electron chi connectivity index (χ2n) is 21.3. The maximum absolute atomic E-state index is 12.9. The van der Waals surface area contributed by atoms with Crippen molar-refractivity contribution in [3.8, 4) is 0 Å². The number of hydrogen-bond acceptors (Lipinski definition) is 6. The molecule has 0 saturated heterocycles. The van der Waals surface area contributed by atoms with Gasteiger partial charge in [-0.3, -0.25) is 14.4 Å². The molecule has 0 aromatic rings. The summed E-state index contributed by atoms with van der Waals surface area (Å²) in [6, 6.07) is 0. The Morgan fingerprint density at radius 1 is 0.280 bits per heavy atom. The molecule has 0 spiro atoms. The molecule has 0 aliphatic rings. The van der Waals surface area contributed by atoms with Crippen LogP contribution >= 0.6 is 0 Å². The summed E-state index contributed by atoms with van der Waals surface area (Å²) in [6.45, 7) is 6.54. The summed E-state index contributed by atoms with van der Waals surface area (Å²) in [7, 11) is 0. The maximum atomic E-state index is 12.9. The highest BCUT2D eigenvalue weighted by molar-refractivity contribution is 5.71. The van der Waals surface area contributed by atoms with E-state index in [4.69, 9.17) is 14.2 Å². The Bertz CT molecular complexity index is 1430. The molecule has 0 radical (unpaired) electrons. The fourth-order valence-electron chi connectivity index (χ4n) is 9.09. The Morgan fingerprint density at radius 2 is 0.520 bits per heavy atom. The lowest BCUT2D eigenvalue weighted by Gasteiger charge is -2.18. The molecule has 0 N–H and O–H groups in total. The third-order valence-corrected chi connectivity index (χ3v) is 13.9. The largest absolute Gasteiger partial charge is 0.462 e. The number of allylic oxidation sites excluding steroid dienone is 14. The van der Waals surface area contributed by atoms with Crippen LogP contribution in [0.5, 0.6) is 0 Å². The molecule has 75 heavy (non-hydrogen) atoms. The first-order valence-electron chi connectivity index (χ1n) is 32.1. The molecular formula is C69H120O6. The minimum absolute atomic E-state index is 0.0790. The second kappa shape index (κ2) is 63.1. The highest BCUT2D eigenvalue weighted by atomic mass is 16.6. The van der Waals surface area contributed by atoms with Gasteiger partial charge in [-0.05, 0) is 96.3 Å². The SMILES string of the molecule is CC/C=C\C/C=C\C/C=C\C/C=C\C/C=C\C/C=C\CCCCCCCCCCC(=O)OCC(COC(=O)CCCCCCCCCCCCCCCC)OC(=O)CCCCCCC/C=C\CCCCCCCCC. The second-order valence-corrected chi connectivity index (χ2v) is 21.3. The van der Waals surface area contributed by atoms with Crippen LogP contribution in [-0.4, -0.2) is 37.2 Å². The van der Waals surface area contributed by atoms with E-state index < -0.39 is 6.10 Å². The van der Waals surface area contributed by atoms with Crippen molar-refractivity contribution in [3.05, 3.63) is 85.1 Å². The molecule has 0 aromatic heterocycles. The molecule has 0 aromatic carbocycles. The van der Waals surface area contributed by atoms with Crippen molar-refractivity contribution in [2.45, 2.75) is 322 Å². The summed E-state index contributed by atoms with van der Waals surface area (Å²) in [5.74, 6) is -0.883. The Labute approximate surface area is 465 Å². The van der Waals surface area contributed by atoms with Gasteiger partial charge in [-0.25, -0.2) is 0 Å². The molecule has 0 aliphatic heterocycles. The number of ether oxygens (including phenoxy) is 3. The van der Waals surface area contributed by atoms with Crippen LogP contribution in [0, 0.1) is 0 Å². The molecule has 1 unspecified atom stereocenters. The lowest BCUT2D eigenvalue weighted by molar-refractivity contribution is -0.167. The Balaban J connectivity index is 4.32. The van der Waals surface area contributed by atoms with Crippen LogP contribution in [0.25, 0.3) is 0 Å². The minimum Gasteiger partial charge on any atom is -0.462 e. The van der Waals surface area contributed by atoms with Crippen LogP contribution in [0.3, 0.4) is 0 Å². The smallest absolute Gasteiger partial charge is 0.306 e. The topological polar surface area (TPSA) is 78.9 Å². The van der Waals surface area contributed by atoms with Gasteiger partial charge < -0.3 is 14.2 Å². The van der Waals surface area contributed by atoms with Gasteiger partial charge in [0, 0.05) is 19.3 Å². The molecule has 0 bridgehead atoms. The van der Waals surface area contributed by atoms with Gasteiger partial charge in [-0.1, -0.05) is 286 Å².